The van der Waals surface area contributed by atoms with E-state index in [1.165, 1.54) is 10.9 Å². The molecule has 0 aliphatic rings. The van der Waals surface area contributed by atoms with Crippen LogP contribution in [0.4, 0.5) is 11.4 Å². The first-order valence-corrected chi connectivity index (χ1v) is 8.17. The molecule has 0 bridgehead atoms. The molecule has 1 aromatic heterocycles. The fourth-order valence-corrected chi connectivity index (χ4v) is 2.97. The summed E-state index contributed by atoms with van der Waals surface area (Å²) in [7, 11) is 0. The quantitative estimate of drug-likeness (QED) is 0.657. The normalized spacial score (nSPS) is 10.6. The Hall–Kier alpha value is -1.82. The van der Waals surface area contributed by atoms with Crippen molar-refractivity contribution < 1.29 is 0 Å². The van der Waals surface area contributed by atoms with Gasteiger partial charge >= 0.3 is 0 Å². The molecular weight excluding hydrogens is 401 g/mol. The Morgan fingerprint density at radius 1 is 1.00 bits per heavy atom. The summed E-state index contributed by atoms with van der Waals surface area (Å²) in [6.07, 6.45) is 1.54. The molecule has 4 nitrogen and oxygen atoms in total. The van der Waals surface area contributed by atoms with Gasteiger partial charge in [-0.05, 0) is 40.2 Å². The summed E-state index contributed by atoms with van der Waals surface area (Å²) in [5.74, 6) is 0. The van der Waals surface area contributed by atoms with Crippen LogP contribution in [0.1, 0.15) is 0 Å². The maximum Gasteiger partial charge on any atom is 0.288 e. The molecule has 1 heterocycles. The minimum absolute atomic E-state index is 0.340. The zero-order valence-electron chi connectivity index (χ0n) is 11.6. The first kappa shape index (κ1) is 16.1. The van der Waals surface area contributed by atoms with Crippen LogP contribution in [0.25, 0.3) is 5.69 Å². The third-order valence-corrected chi connectivity index (χ3v) is 4.50. The maximum atomic E-state index is 12.6. The van der Waals surface area contributed by atoms with Crippen molar-refractivity contribution in [2.24, 2.45) is 0 Å². The molecule has 0 unspecified atom stereocenters. The van der Waals surface area contributed by atoms with Crippen LogP contribution in [0, 0.1) is 0 Å². The molecule has 3 aromatic rings. The lowest BCUT2D eigenvalue weighted by Crippen LogP contribution is -2.23. The standard InChI is InChI=1S/C16H10BrCl2N3O/c17-14-13(21-10-5-2-1-3-6-10)9-20-22(16(14)23)15-11(18)7-4-8-12(15)19/h1-9,21H. The molecule has 0 atom stereocenters. The Labute approximate surface area is 150 Å². The number of benzene rings is 2. The molecule has 1 N–H and O–H groups in total. The smallest absolute Gasteiger partial charge is 0.288 e. The van der Waals surface area contributed by atoms with E-state index >= 15 is 0 Å². The number of halogens is 3. The SMILES string of the molecule is O=c1c(Br)c(Nc2ccccc2)cnn1-c1c(Cl)cccc1Cl. The Bertz CT molecular complexity index is 893. The molecule has 0 amide bonds. The summed E-state index contributed by atoms with van der Waals surface area (Å²) >= 11 is 15.6. The maximum absolute atomic E-state index is 12.6. The van der Waals surface area contributed by atoms with Gasteiger partial charge in [0.05, 0.1) is 21.9 Å². The molecule has 7 heteroatoms. The minimum atomic E-state index is -0.360. The highest BCUT2D eigenvalue weighted by molar-refractivity contribution is 9.10. The molecule has 0 saturated carbocycles. The number of hydrogen-bond acceptors (Lipinski definition) is 3. The Morgan fingerprint density at radius 2 is 1.65 bits per heavy atom. The van der Waals surface area contributed by atoms with Crippen LogP contribution in [0.2, 0.25) is 10.0 Å². The van der Waals surface area contributed by atoms with Gasteiger partial charge in [-0.3, -0.25) is 4.79 Å². The van der Waals surface area contributed by atoms with Gasteiger partial charge < -0.3 is 5.32 Å². The third-order valence-electron chi connectivity index (χ3n) is 3.12. The highest BCUT2D eigenvalue weighted by Crippen LogP contribution is 2.28. The number of rotatable bonds is 3. The molecule has 0 aliphatic heterocycles. The van der Waals surface area contributed by atoms with Gasteiger partial charge in [0.1, 0.15) is 10.2 Å². The molecule has 0 aliphatic carbocycles. The number of hydrogen-bond donors (Lipinski definition) is 1. The van der Waals surface area contributed by atoms with Crippen LogP contribution >= 0.6 is 39.1 Å². The summed E-state index contributed by atoms with van der Waals surface area (Å²) in [4.78, 5) is 12.6. The van der Waals surface area contributed by atoms with E-state index in [1.807, 2.05) is 30.3 Å². The van der Waals surface area contributed by atoms with Gasteiger partial charge in [0.2, 0.25) is 0 Å². The number of para-hydroxylation sites is 2. The fourth-order valence-electron chi connectivity index (χ4n) is 2.05. The lowest BCUT2D eigenvalue weighted by Gasteiger charge is -2.12. The van der Waals surface area contributed by atoms with Crippen LogP contribution in [0.15, 0.2) is 64.0 Å². The monoisotopic (exact) mass is 409 g/mol. The average Bonchev–Trinajstić information content (AvgIpc) is 2.55. The highest BCUT2D eigenvalue weighted by Gasteiger charge is 2.15. The van der Waals surface area contributed by atoms with E-state index in [1.54, 1.807) is 18.2 Å². The van der Waals surface area contributed by atoms with Crippen LogP contribution in [-0.2, 0) is 0 Å². The Kier molecular flexibility index (Phi) is 4.71. The van der Waals surface area contributed by atoms with Crippen molar-refractivity contribution in [1.82, 2.24) is 9.78 Å². The first-order valence-electron chi connectivity index (χ1n) is 6.62. The lowest BCUT2D eigenvalue weighted by atomic mass is 10.3. The van der Waals surface area contributed by atoms with Gasteiger partial charge in [0, 0.05) is 5.69 Å². The van der Waals surface area contributed by atoms with Crippen molar-refractivity contribution in [2.75, 3.05) is 5.32 Å². The molecule has 0 fully saturated rings. The minimum Gasteiger partial charge on any atom is -0.353 e. The highest BCUT2D eigenvalue weighted by atomic mass is 79.9. The van der Waals surface area contributed by atoms with E-state index < -0.39 is 0 Å². The van der Waals surface area contributed by atoms with Gasteiger partial charge in [0.25, 0.3) is 5.56 Å². The van der Waals surface area contributed by atoms with E-state index in [0.29, 0.717) is 25.9 Å². The van der Waals surface area contributed by atoms with E-state index in [2.05, 4.69) is 26.3 Å². The van der Waals surface area contributed by atoms with Crippen LogP contribution < -0.4 is 10.9 Å². The molecule has 23 heavy (non-hydrogen) atoms. The van der Waals surface area contributed by atoms with Gasteiger partial charge in [0.15, 0.2) is 0 Å². The molecular formula is C16H10BrCl2N3O. The van der Waals surface area contributed by atoms with Crippen LogP contribution in [0.5, 0.6) is 0 Å². The van der Waals surface area contributed by atoms with Crippen molar-refractivity contribution in [3.8, 4) is 5.69 Å². The third kappa shape index (κ3) is 3.27. The average molecular weight is 411 g/mol. The molecule has 116 valence electrons. The van der Waals surface area contributed by atoms with Crippen LogP contribution in [-0.4, -0.2) is 9.78 Å². The number of nitrogens with one attached hydrogen (secondary N) is 1. The first-order chi connectivity index (χ1) is 11.1. The molecule has 0 spiro atoms. The fraction of sp³-hybridized carbons (Fsp3) is 0. The van der Waals surface area contributed by atoms with Crippen molar-refractivity contribution in [1.29, 1.82) is 0 Å². The van der Waals surface area contributed by atoms with E-state index in [0.717, 1.165) is 5.69 Å². The number of anilines is 2. The van der Waals surface area contributed by atoms with Gasteiger partial charge in [-0.15, -0.1) is 0 Å². The molecule has 3 rings (SSSR count). The second kappa shape index (κ2) is 6.74. The van der Waals surface area contributed by atoms with Crippen molar-refractivity contribution in [3.63, 3.8) is 0 Å². The number of nitrogens with zero attached hydrogens (tertiary/aromatic N) is 2. The number of aromatic nitrogens is 2. The topological polar surface area (TPSA) is 46.9 Å². The summed E-state index contributed by atoms with van der Waals surface area (Å²) < 4.78 is 1.51. The summed E-state index contributed by atoms with van der Waals surface area (Å²) in [5, 5.41) is 8.00. The van der Waals surface area contributed by atoms with E-state index in [4.69, 9.17) is 23.2 Å². The summed E-state index contributed by atoms with van der Waals surface area (Å²) in [6, 6.07) is 14.5. The Balaban J connectivity index is 2.07. The second-order valence-electron chi connectivity index (χ2n) is 4.65. The van der Waals surface area contributed by atoms with Crippen molar-refractivity contribution in [2.45, 2.75) is 0 Å². The summed E-state index contributed by atoms with van der Waals surface area (Å²) in [5.41, 5.74) is 1.40. The predicted molar refractivity (Wildman–Crippen MR) is 97.3 cm³/mol. The van der Waals surface area contributed by atoms with Gasteiger partial charge in [-0.2, -0.15) is 9.78 Å². The summed E-state index contributed by atoms with van der Waals surface area (Å²) in [6.45, 7) is 0. The second-order valence-corrected chi connectivity index (χ2v) is 6.26. The van der Waals surface area contributed by atoms with Crippen LogP contribution in [0.3, 0.4) is 0 Å². The Morgan fingerprint density at radius 3 is 2.30 bits per heavy atom. The van der Waals surface area contributed by atoms with Crippen molar-refractivity contribution >= 4 is 50.5 Å². The van der Waals surface area contributed by atoms with Gasteiger partial charge in [-0.1, -0.05) is 47.5 Å². The largest absolute Gasteiger partial charge is 0.353 e. The van der Waals surface area contributed by atoms with E-state index in [9.17, 15) is 4.79 Å². The zero-order chi connectivity index (χ0) is 16.4. The lowest BCUT2D eigenvalue weighted by molar-refractivity contribution is 0.803. The predicted octanol–water partition coefficient (Wildman–Crippen LogP) is 5.05. The molecule has 0 radical (unpaired) electrons. The van der Waals surface area contributed by atoms with Crippen molar-refractivity contribution in [3.05, 3.63) is 79.6 Å². The zero-order valence-corrected chi connectivity index (χ0v) is 14.7. The molecule has 0 saturated heterocycles. The van der Waals surface area contributed by atoms with Gasteiger partial charge in [-0.25, -0.2) is 0 Å². The molecule has 2 aromatic carbocycles. The van der Waals surface area contributed by atoms with E-state index in [-0.39, 0.29) is 5.56 Å².